The topological polar surface area (TPSA) is 80.8 Å². The van der Waals surface area contributed by atoms with Crippen LogP contribution >= 0.6 is 0 Å². The van der Waals surface area contributed by atoms with Gasteiger partial charge in [-0.15, -0.1) is 0 Å². The average Bonchev–Trinajstić information content (AvgIpc) is 3.07. The Morgan fingerprint density at radius 3 is 2.84 bits per heavy atom. The Labute approximate surface area is 109 Å². The largest absolute Gasteiger partial charge is 0.463 e. The fraction of sp³-hybridized carbons (Fsp3) is 0. The Hall–Kier alpha value is -3.00. The minimum Gasteiger partial charge on any atom is -0.463 e. The molecule has 2 N–H and O–H groups in total. The van der Waals surface area contributed by atoms with E-state index in [1.54, 1.807) is 41.3 Å². The van der Waals surface area contributed by atoms with Crippen molar-refractivity contribution in [3.8, 4) is 23.2 Å². The van der Waals surface area contributed by atoms with Crippen LogP contribution in [0.5, 0.6) is 0 Å². The minimum atomic E-state index is 0.487. The SMILES string of the molecule is N#Cc1cccc(-n2nc(-c3ccco3)cc2N)c1. The Morgan fingerprint density at radius 1 is 1.21 bits per heavy atom. The molecular weight excluding hydrogens is 240 g/mol. The lowest BCUT2D eigenvalue weighted by molar-refractivity contribution is 0.579. The first kappa shape index (κ1) is 11.1. The molecule has 0 unspecified atom stereocenters. The van der Waals surface area contributed by atoms with Crippen LogP contribution in [0.4, 0.5) is 5.82 Å². The van der Waals surface area contributed by atoms with Crippen molar-refractivity contribution in [1.29, 1.82) is 5.26 Å². The Balaban J connectivity index is 2.08. The second kappa shape index (κ2) is 4.35. The van der Waals surface area contributed by atoms with Gasteiger partial charge in [0.15, 0.2) is 5.76 Å². The number of hydrogen-bond acceptors (Lipinski definition) is 4. The third-order valence-electron chi connectivity index (χ3n) is 2.73. The van der Waals surface area contributed by atoms with E-state index in [2.05, 4.69) is 11.2 Å². The molecule has 0 aliphatic rings. The first-order valence-corrected chi connectivity index (χ1v) is 5.68. The summed E-state index contributed by atoms with van der Waals surface area (Å²) in [6, 6.07) is 14.5. The molecule has 0 aliphatic carbocycles. The maximum absolute atomic E-state index is 8.91. The molecule has 0 aliphatic heterocycles. The Kier molecular flexibility index (Phi) is 2.54. The van der Waals surface area contributed by atoms with Gasteiger partial charge < -0.3 is 10.2 Å². The van der Waals surface area contributed by atoms with Crippen molar-refractivity contribution in [2.24, 2.45) is 0 Å². The third kappa shape index (κ3) is 1.96. The van der Waals surface area contributed by atoms with E-state index in [-0.39, 0.29) is 0 Å². The van der Waals surface area contributed by atoms with Gasteiger partial charge in [-0.3, -0.25) is 0 Å². The monoisotopic (exact) mass is 250 g/mol. The Bertz CT molecular complexity index is 750. The molecule has 92 valence electrons. The van der Waals surface area contributed by atoms with Crippen LogP contribution in [0, 0.1) is 11.3 Å². The van der Waals surface area contributed by atoms with E-state index in [1.165, 1.54) is 0 Å². The molecule has 19 heavy (non-hydrogen) atoms. The predicted octanol–water partition coefficient (Wildman–Crippen LogP) is 2.59. The number of anilines is 1. The van der Waals surface area contributed by atoms with E-state index in [0.717, 1.165) is 5.69 Å². The first-order valence-electron chi connectivity index (χ1n) is 5.68. The molecule has 0 atom stereocenters. The molecule has 0 bridgehead atoms. The van der Waals surface area contributed by atoms with Crippen molar-refractivity contribution >= 4 is 5.82 Å². The quantitative estimate of drug-likeness (QED) is 0.757. The molecule has 5 heteroatoms. The summed E-state index contributed by atoms with van der Waals surface area (Å²) in [6.07, 6.45) is 1.58. The van der Waals surface area contributed by atoms with Crippen molar-refractivity contribution in [3.05, 3.63) is 54.3 Å². The molecule has 0 amide bonds. The second-order valence-electron chi connectivity index (χ2n) is 4.01. The molecular formula is C14H10N4O. The van der Waals surface area contributed by atoms with Gasteiger partial charge >= 0.3 is 0 Å². The van der Waals surface area contributed by atoms with Crippen LogP contribution in [0.1, 0.15) is 5.56 Å². The molecule has 5 nitrogen and oxygen atoms in total. The molecule has 3 rings (SSSR count). The van der Waals surface area contributed by atoms with Gasteiger partial charge in [0.1, 0.15) is 11.5 Å². The normalized spacial score (nSPS) is 10.3. The summed E-state index contributed by atoms with van der Waals surface area (Å²) < 4.78 is 6.87. The van der Waals surface area contributed by atoms with Gasteiger partial charge in [-0.25, -0.2) is 4.68 Å². The molecule has 2 aromatic heterocycles. The second-order valence-corrected chi connectivity index (χ2v) is 4.01. The fourth-order valence-corrected chi connectivity index (χ4v) is 1.85. The highest BCUT2D eigenvalue weighted by Gasteiger charge is 2.10. The van der Waals surface area contributed by atoms with Crippen LogP contribution in [0.2, 0.25) is 0 Å². The highest BCUT2D eigenvalue weighted by atomic mass is 16.3. The standard InChI is InChI=1S/C14H10N4O/c15-9-10-3-1-4-11(7-10)18-14(16)8-12(17-18)13-5-2-6-19-13/h1-8H,16H2. The molecule has 0 saturated carbocycles. The molecule has 0 saturated heterocycles. The van der Waals surface area contributed by atoms with Crippen LogP contribution < -0.4 is 5.73 Å². The molecule has 0 radical (unpaired) electrons. The van der Waals surface area contributed by atoms with Crippen LogP contribution in [-0.2, 0) is 0 Å². The number of furan rings is 1. The number of benzene rings is 1. The number of nitrogens with zero attached hydrogens (tertiary/aromatic N) is 3. The van der Waals surface area contributed by atoms with Crippen LogP contribution in [-0.4, -0.2) is 9.78 Å². The lowest BCUT2D eigenvalue weighted by Gasteiger charge is -2.03. The van der Waals surface area contributed by atoms with Crippen molar-refractivity contribution in [2.75, 3.05) is 5.73 Å². The van der Waals surface area contributed by atoms with Crippen LogP contribution in [0.15, 0.2) is 53.1 Å². The van der Waals surface area contributed by atoms with E-state index in [9.17, 15) is 0 Å². The predicted molar refractivity (Wildman–Crippen MR) is 70.4 cm³/mol. The molecule has 3 aromatic rings. The van der Waals surface area contributed by atoms with Gasteiger partial charge in [0.2, 0.25) is 0 Å². The average molecular weight is 250 g/mol. The van der Waals surface area contributed by atoms with Crippen LogP contribution in [0.25, 0.3) is 17.1 Å². The van der Waals surface area contributed by atoms with Gasteiger partial charge in [-0.1, -0.05) is 6.07 Å². The molecule has 1 aromatic carbocycles. The first-order chi connectivity index (χ1) is 9.28. The van der Waals surface area contributed by atoms with Crippen LogP contribution in [0.3, 0.4) is 0 Å². The van der Waals surface area contributed by atoms with E-state index >= 15 is 0 Å². The lowest BCUT2D eigenvalue weighted by Crippen LogP contribution is -2.01. The lowest BCUT2D eigenvalue weighted by atomic mass is 10.2. The fourth-order valence-electron chi connectivity index (χ4n) is 1.85. The summed E-state index contributed by atoms with van der Waals surface area (Å²) in [5.41, 5.74) is 7.91. The number of nitrogen functional groups attached to an aromatic ring is 1. The van der Waals surface area contributed by atoms with E-state index < -0.39 is 0 Å². The van der Waals surface area contributed by atoms with Crippen molar-refractivity contribution in [2.45, 2.75) is 0 Å². The zero-order chi connectivity index (χ0) is 13.2. The zero-order valence-corrected chi connectivity index (χ0v) is 9.95. The van der Waals surface area contributed by atoms with Crippen molar-refractivity contribution in [3.63, 3.8) is 0 Å². The summed E-state index contributed by atoms with van der Waals surface area (Å²) in [5.74, 6) is 1.14. The maximum atomic E-state index is 8.91. The highest BCUT2D eigenvalue weighted by molar-refractivity contribution is 5.59. The van der Waals surface area contributed by atoms with Gasteiger partial charge in [0.05, 0.1) is 23.6 Å². The van der Waals surface area contributed by atoms with E-state index in [1.807, 2.05) is 12.1 Å². The number of aromatic nitrogens is 2. The summed E-state index contributed by atoms with van der Waals surface area (Å²) in [5, 5.41) is 13.3. The number of nitriles is 1. The summed E-state index contributed by atoms with van der Waals surface area (Å²) in [6.45, 7) is 0. The summed E-state index contributed by atoms with van der Waals surface area (Å²) in [7, 11) is 0. The van der Waals surface area contributed by atoms with Gasteiger partial charge in [-0.05, 0) is 30.3 Å². The molecule has 0 spiro atoms. The summed E-state index contributed by atoms with van der Waals surface area (Å²) in [4.78, 5) is 0. The molecule has 0 fully saturated rings. The Morgan fingerprint density at radius 2 is 2.11 bits per heavy atom. The van der Waals surface area contributed by atoms with Gasteiger partial charge in [0, 0.05) is 6.07 Å². The van der Waals surface area contributed by atoms with Gasteiger partial charge in [0.25, 0.3) is 0 Å². The third-order valence-corrected chi connectivity index (χ3v) is 2.73. The van der Waals surface area contributed by atoms with E-state index in [0.29, 0.717) is 22.8 Å². The summed E-state index contributed by atoms with van der Waals surface area (Å²) >= 11 is 0. The number of nitrogens with two attached hydrogens (primary N) is 1. The maximum Gasteiger partial charge on any atom is 0.154 e. The van der Waals surface area contributed by atoms with Crippen molar-refractivity contribution in [1.82, 2.24) is 9.78 Å². The smallest absolute Gasteiger partial charge is 0.154 e. The van der Waals surface area contributed by atoms with Gasteiger partial charge in [-0.2, -0.15) is 10.4 Å². The number of hydrogen-bond donors (Lipinski definition) is 1. The zero-order valence-electron chi connectivity index (χ0n) is 9.95. The minimum absolute atomic E-state index is 0.487. The molecule has 2 heterocycles. The highest BCUT2D eigenvalue weighted by Crippen LogP contribution is 2.23. The van der Waals surface area contributed by atoms with E-state index in [4.69, 9.17) is 15.4 Å². The van der Waals surface area contributed by atoms with Crippen molar-refractivity contribution < 1.29 is 4.42 Å². The number of rotatable bonds is 2.